The van der Waals surface area contributed by atoms with E-state index in [4.69, 9.17) is 4.74 Å². The molecule has 0 spiro atoms. The fourth-order valence-corrected chi connectivity index (χ4v) is 3.67. The predicted molar refractivity (Wildman–Crippen MR) is 133 cm³/mol. The summed E-state index contributed by atoms with van der Waals surface area (Å²) in [4.78, 5) is 27.6. The van der Waals surface area contributed by atoms with Crippen LogP contribution in [-0.4, -0.2) is 34.9 Å². The molecule has 1 atom stereocenters. The maximum Gasteiger partial charge on any atom is 0.261 e. The molecule has 0 radical (unpaired) electrons. The van der Waals surface area contributed by atoms with Crippen LogP contribution in [-0.2, 0) is 16.1 Å². The van der Waals surface area contributed by atoms with E-state index in [2.05, 4.69) is 35.1 Å². The Bertz CT molecular complexity index is 933. The van der Waals surface area contributed by atoms with E-state index >= 15 is 0 Å². The number of rotatable bonds is 8. The van der Waals surface area contributed by atoms with E-state index in [1.807, 2.05) is 70.2 Å². The number of carbonyl (C=O) groups excluding carboxylic acids is 2. The summed E-state index contributed by atoms with van der Waals surface area (Å²) in [7, 11) is 0. The van der Waals surface area contributed by atoms with Gasteiger partial charge in [-0.2, -0.15) is 0 Å². The van der Waals surface area contributed by atoms with Gasteiger partial charge in [0.2, 0.25) is 5.91 Å². The van der Waals surface area contributed by atoms with Gasteiger partial charge in [0.25, 0.3) is 5.91 Å². The average Bonchev–Trinajstić information content (AvgIpc) is 2.70. The molecule has 5 nitrogen and oxygen atoms in total. The highest BCUT2D eigenvalue weighted by Gasteiger charge is 2.28. The number of amides is 2. The van der Waals surface area contributed by atoms with Crippen molar-refractivity contribution in [2.45, 2.75) is 72.5 Å². The summed E-state index contributed by atoms with van der Waals surface area (Å²) in [6.45, 7) is 14.0. The van der Waals surface area contributed by atoms with Crippen LogP contribution in [0.1, 0.15) is 64.2 Å². The van der Waals surface area contributed by atoms with Crippen LogP contribution in [0.3, 0.4) is 0 Å². The Morgan fingerprint density at radius 1 is 1.06 bits per heavy atom. The van der Waals surface area contributed by atoms with E-state index in [9.17, 15) is 9.59 Å². The summed E-state index contributed by atoms with van der Waals surface area (Å²) in [6.07, 6.45) is 0. The summed E-state index contributed by atoms with van der Waals surface area (Å²) < 4.78 is 6.64. The first-order valence-electron chi connectivity index (χ1n) is 11.0. The summed E-state index contributed by atoms with van der Waals surface area (Å²) >= 11 is 3.53. The van der Waals surface area contributed by atoms with Crippen LogP contribution < -0.4 is 10.1 Å². The van der Waals surface area contributed by atoms with Crippen LogP contribution >= 0.6 is 15.9 Å². The topological polar surface area (TPSA) is 58.6 Å². The Morgan fingerprint density at radius 3 is 2.22 bits per heavy atom. The van der Waals surface area contributed by atoms with Crippen molar-refractivity contribution >= 4 is 27.7 Å². The highest BCUT2D eigenvalue weighted by molar-refractivity contribution is 9.10. The minimum Gasteiger partial charge on any atom is -0.483 e. The number of carbonyl (C=O) groups is 2. The highest BCUT2D eigenvalue weighted by atomic mass is 79.9. The lowest BCUT2D eigenvalue weighted by Gasteiger charge is -2.31. The van der Waals surface area contributed by atoms with Crippen molar-refractivity contribution in [3.8, 4) is 5.75 Å². The zero-order chi connectivity index (χ0) is 24.1. The molecule has 174 valence electrons. The predicted octanol–water partition coefficient (Wildman–Crippen LogP) is 5.59. The van der Waals surface area contributed by atoms with Gasteiger partial charge in [0, 0.05) is 12.1 Å². The minimum absolute atomic E-state index is 0.154. The normalized spacial score (nSPS) is 12.4. The first-order chi connectivity index (χ1) is 14.9. The number of hydrogen-bond acceptors (Lipinski definition) is 3. The monoisotopic (exact) mass is 502 g/mol. The first-order valence-corrected chi connectivity index (χ1v) is 11.8. The number of nitrogens with zero attached hydrogens (tertiary/aromatic N) is 1. The van der Waals surface area contributed by atoms with E-state index in [0.717, 1.165) is 15.6 Å². The third-order valence-electron chi connectivity index (χ3n) is 5.11. The molecule has 32 heavy (non-hydrogen) atoms. The molecule has 0 bridgehead atoms. The molecule has 0 fully saturated rings. The second-order valence-corrected chi connectivity index (χ2v) is 10.4. The molecule has 1 N–H and O–H groups in total. The van der Waals surface area contributed by atoms with Gasteiger partial charge in [0.1, 0.15) is 11.8 Å². The maximum absolute atomic E-state index is 13.2. The van der Waals surface area contributed by atoms with Gasteiger partial charge in [-0.3, -0.25) is 9.59 Å². The molecule has 2 rings (SSSR count). The van der Waals surface area contributed by atoms with E-state index in [0.29, 0.717) is 18.2 Å². The second kappa shape index (κ2) is 11.0. The molecule has 6 heteroatoms. The van der Waals surface area contributed by atoms with Gasteiger partial charge in [-0.05, 0) is 79.7 Å². The second-order valence-electron chi connectivity index (χ2n) is 9.56. The lowest BCUT2D eigenvalue weighted by molar-refractivity contribution is -0.142. The van der Waals surface area contributed by atoms with Crippen molar-refractivity contribution in [2.75, 3.05) is 6.61 Å². The average molecular weight is 503 g/mol. The van der Waals surface area contributed by atoms with Gasteiger partial charge in [-0.1, -0.05) is 49.7 Å². The zero-order valence-corrected chi connectivity index (χ0v) is 21.7. The molecule has 0 heterocycles. The minimum atomic E-state index is -0.640. The molecule has 0 aliphatic rings. The van der Waals surface area contributed by atoms with Crippen LogP contribution in [0.15, 0.2) is 46.9 Å². The number of aryl methyl sites for hydroxylation is 1. The van der Waals surface area contributed by atoms with Crippen LogP contribution in [0, 0.1) is 6.92 Å². The number of ether oxygens (including phenoxy) is 1. The molecule has 2 aromatic rings. The first kappa shape index (κ1) is 25.9. The van der Waals surface area contributed by atoms with E-state index < -0.39 is 6.04 Å². The van der Waals surface area contributed by atoms with Gasteiger partial charge in [0.15, 0.2) is 6.61 Å². The number of benzene rings is 2. The van der Waals surface area contributed by atoms with Gasteiger partial charge in [-0.15, -0.1) is 0 Å². The van der Waals surface area contributed by atoms with Gasteiger partial charge < -0.3 is 15.0 Å². The summed E-state index contributed by atoms with van der Waals surface area (Å²) in [5.74, 6) is 0.557. The Kier molecular flexibility index (Phi) is 8.90. The molecule has 1 unspecified atom stereocenters. The Labute approximate surface area is 200 Å². The zero-order valence-electron chi connectivity index (χ0n) is 20.2. The van der Waals surface area contributed by atoms with Crippen LogP contribution in [0.2, 0.25) is 0 Å². The van der Waals surface area contributed by atoms with Gasteiger partial charge in [-0.25, -0.2) is 0 Å². The van der Waals surface area contributed by atoms with Crippen molar-refractivity contribution in [1.82, 2.24) is 10.2 Å². The number of halogens is 1. The quantitative estimate of drug-likeness (QED) is 0.511. The number of hydrogen-bond donors (Lipinski definition) is 1. The molecule has 0 saturated heterocycles. The Balaban J connectivity index is 2.19. The Morgan fingerprint density at radius 2 is 1.69 bits per heavy atom. The molecule has 0 saturated carbocycles. The van der Waals surface area contributed by atoms with Crippen molar-refractivity contribution < 1.29 is 14.3 Å². The van der Waals surface area contributed by atoms with Crippen molar-refractivity contribution in [3.63, 3.8) is 0 Å². The van der Waals surface area contributed by atoms with E-state index in [1.165, 1.54) is 5.56 Å². The molecule has 0 aliphatic carbocycles. The summed E-state index contributed by atoms with van der Waals surface area (Å²) in [6, 6.07) is 13.2. The van der Waals surface area contributed by atoms with E-state index in [-0.39, 0.29) is 24.0 Å². The lowest BCUT2D eigenvalue weighted by atomic mass is 10.0. The van der Waals surface area contributed by atoms with Crippen LogP contribution in [0.5, 0.6) is 5.75 Å². The molecular weight excluding hydrogens is 468 g/mol. The van der Waals surface area contributed by atoms with Crippen LogP contribution in [0.25, 0.3) is 0 Å². The maximum atomic E-state index is 13.2. The lowest BCUT2D eigenvalue weighted by Crippen LogP contribution is -2.53. The third kappa shape index (κ3) is 7.66. The van der Waals surface area contributed by atoms with Crippen molar-refractivity contribution in [1.29, 1.82) is 0 Å². The molecule has 0 aromatic heterocycles. The molecule has 2 aromatic carbocycles. The summed E-state index contributed by atoms with van der Waals surface area (Å²) in [5.41, 5.74) is 2.90. The molecule has 0 aliphatic heterocycles. The Hall–Kier alpha value is -2.34. The molecular formula is C26H35BrN2O3. The SMILES string of the molecule is Cc1ccc(CN(C(=O)COc2ccc(C(C)C)cc2Br)C(C)C(=O)NC(C)(C)C)cc1. The van der Waals surface area contributed by atoms with Gasteiger partial charge >= 0.3 is 0 Å². The van der Waals surface area contributed by atoms with Crippen LogP contribution in [0.4, 0.5) is 0 Å². The fourth-order valence-electron chi connectivity index (χ4n) is 3.16. The fraction of sp³-hybridized carbons (Fsp3) is 0.462. The summed E-state index contributed by atoms with van der Waals surface area (Å²) in [5, 5.41) is 2.97. The highest BCUT2D eigenvalue weighted by Crippen LogP contribution is 2.29. The van der Waals surface area contributed by atoms with Gasteiger partial charge in [0.05, 0.1) is 4.47 Å². The smallest absolute Gasteiger partial charge is 0.261 e. The standard InChI is InChI=1S/C26H35BrN2O3/c1-17(2)21-12-13-23(22(27)14-21)32-16-24(30)29(15-20-10-8-18(3)9-11-20)19(4)25(31)28-26(5,6)7/h8-14,17,19H,15-16H2,1-7H3,(H,28,31). The van der Waals surface area contributed by atoms with Crippen molar-refractivity contribution in [2.24, 2.45) is 0 Å². The molecule has 2 amide bonds. The third-order valence-corrected chi connectivity index (χ3v) is 5.73. The van der Waals surface area contributed by atoms with E-state index in [1.54, 1.807) is 11.8 Å². The number of nitrogens with one attached hydrogen (secondary N) is 1. The largest absolute Gasteiger partial charge is 0.483 e. The van der Waals surface area contributed by atoms with Crippen molar-refractivity contribution in [3.05, 3.63) is 63.6 Å².